The van der Waals surface area contributed by atoms with Crippen LogP contribution in [-0.4, -0.2) is 45.1 Å². The molecule has 0 fully saturated rings. The van der Waals surface area contributed by atoms with Gasteiger partial charge in [-0.2, -0.15) is 0 Å². The van der Waals surface area contributed by atoms with Gasteiger partial charge in [0.1, 0.15) is 0 Å². The lowest BCUT2D eigenvalue weighted by molar-refractivity contribution is -0.133. The maximum Gasteiger partial charge on any atom is 0.330 e. The van der Waals surface area contributed by atoms with Gasteiger partial charge in [0.2, 0.25) is 0 Å². The first kappa shape index (κ1) is 23.4. The Balaban J connectivity index is -0.000000221. The van der Waals surface area contributed by atoms with Crippen LogP contribution in [0.2, 0.25) is 0 Å². The Morgan fingerprint density at radius 3 is 1.50 bits per heavy atom. The van der Waals surface area contributed by atoms with Crippen molar-refractivity contribution in [1.82, 2.24) is 0 Å². The zero-order valence-corrected chi connectivity index (χ0v) is 12.4. The highest BCUT2D eigenvalue weighted by Gasteiger charge is 1.97. The second-order valence-electron chi connectivity index (χ2n) is 4.10. The van der Waals surface area contributed by atoms with Crippen molar-refractivity contribution in [2.45, 2.75) is 46.1 Å². The Kier molecular flexibility index (Phi) is 18.0. The van der Waals surface area contributed by atoms with Crippen LogP contribution >= 0.6 is 0 Å². The van der Waals surface area contributed by atoms with Crippen molar-refractivity contribution in [3.8, 4) is 0 Å². The minimum atomic E-state index is -0.935. The molecular weight excluding hydrogens is 264 g/mol. The molecule has 0 aromatic rings. The molecule has 0 aromatic heterocycles. The molecule has 1 unspecified atom stereocenters. The highest BCUT2D eigenvalue weighted by molar-refractivity contribution is 5.85. The third-order valence-electron chi connectivity index (χ3n) is 1.90. The Morgan fingerprint density at radius 2 is 1.35 bits per heavy atom. The number of carboxylic acids is 2. The van der Waals surface area contributed by atoms with Gasteiger partial charge in [-0.3, -0.25) is 0 Å². The van der Waals surface area contributed by atoms with Gasteiger partial charge in [0.25, 0.3) is 0 Å². The van der Waals surface area contributed by atoms with Crippen LogP contribution in [0.4, 0.5) is 0 Å². The number of aliphatic carboxylic acids is 2. The van der Waals surface area contributed by atoms with Crippen LogP contribution in [0.25, 0.3) is 0 Å². The van der Waals surface area contributed by atoms with E-state index < -0.39 is 11.9 Å². The van der Waals surface area contributed by atoms with Gasteiger partial charge < -0.3 is 20.4 Å². The van der Waals surface area contributed by atoms with Crippen LogP contribution in [0.3, 0.4) is 0 Å². The van der Waals surface area contributed by atoms with Gasteiger partial charge >= 0.3 is 11.9 Å². The Labute approximate surface area is 120 Å². The summed E-state index contributed by atoms with van der Waals surface area (Å²) >= 11 is 0. The Hall–Kier alpha value is -1.66. The molecule has 0 aliphatic carbocycles. The Morgan fingerprint density at radius 1 is 1.05 bits per heavy atom. The monoisotopic (exact) mass is 290 g/mol. The number of carboxylic acid groups (broad SMARTS) is 2. The molecule has 0 aliphatic rings. The van der Waals surface area contributed by atoms with E-state index in [1.807, 2.05) is 6.92 Å². The van der Waals surface area contributed by atoms with E-state index in [1.165, 1.54) is 13.8 Å². The van der Waals surface area contributed by atoms with E-state index in [2.05, 4.69) is 13.2 Å². The van der Waals surface area contributed by atoms with Crippen molar-refractivity contribution in [1.29, 1.82) is 0 Å². The van der Waals surface area contributed by atoms with Crippen molar-refractivity contribution in [3.63, 3.8) is 0 Å². The third-order valence-corrected chi connectivity index (χ3v) is 1.90. The lowest BCUT2D eigenvalue weighted by Crippen LogP contribution is -2.04. The van der Waals surface area contributed by atoms with Gasteiger partial charge in [-0.1, -0.05) is 20.1 Å². The number of aliphatic hydroxyl groups excluding tert-OH is 2. The van der Waals surface area contributed by atoms with Gasteiger partial charge in [-0.05, 0) is 33.1 Å². The highest BCUT2D eigenvalue weighted by atomic mass is 16.4. The van der Waals surface area contributed by atoms with Gasteiger partial charge in [0.05, 0.1) is 6.10 Å². The van der Waals surface area contributed by atoms with E-state index in [0.29, 0.717) is 0 Å². The third kappa shape index (κ3) is 25.3. The lowest BCUT2D eigenvalue weighted by Gasteiger charge is -2.03. The highest BCUT2D eigenvalue weighted by Crippen LogP contribution is 1.98. The number of rotatable bonds is 6. The first-order chi connectivity index (χ1) is 9.09. The summed E-state index contributed by atoms with van der Waals surface area (Å²) < 4.78 is 0. The van der Waals surface area contributed by atoms with E-state index in [9.17, 15) is 9.59 Å². The van der Waals surface area contributed by atoms with Gasteiger partial charge in [-0.25, -0.2) is 9.59 Å². The Bertz CT molecular complexity index is 261. The normalized spacial score (nSPS) is 10.1. The maximum atomic E-state index is 9.60. The van der Waals surface area contributed by atoms with Gasteiger partial charge in [0.15, 0.2) is 0 Å². The van der Waals surface area contributed by atoms with Crippen molar-refractivity contribution in [3.05, 3.63) is 24.3 Å². The topological polar surface area (TPSA) is 115 Å². The molecule has 0 heterocycles. The second-order valence-corrected chi connectivity index (χ2v) is 4.10. The minimum Gasteiger partial charge on any atom is -0.478 e. The van der Waals surface area contributed by atoms with E-state index in [1.54, 1.807) is 0 Å². The summed E-state index contributed by atoms with van der Waals surface area (Å²) in [6, 6.07) is 0. The molecule has 0 aliphatic heterocycles. The molecule has 0 radical (unpaired) electrons. The van der Waals surface area contributed by atoms with Crippen LogP contribution in [0.1, 0.15) is 40.0 Å². The first-order valence-electron chi connectivity index (χ1n) is 6.16. The van der Waals surface area contributed by atoms with E-state index in [4.69, 9.17) is 20.4 Å². The minimum absolute atomic E-state index is 0.176. The summed E-state index contributed by atoms with van der Waals surface area (Å²) in [5.74, 6) is -1.87. The van der Waals surface area contributed by atoms with E-state index >= 15 is 0 Å². The van der Waals surface area contributed by atoms with Crippen LogP contribution in [0, 0.1) is 0 Å². The number of carbonyl (C=O) groups is 2. The molecule has 0 saturated carbocycles. The molecule has 0 rings (SSSR count). The number of hydrogen-bond acceptors (Lipinski definition) is 4. The number of aliphatic hydroxyl groups is 2. The smallest absolute Gasteiger partial charge is 0.330 e. The van der Waals surface area contributed by atoms with Crippen molar-refractivity contribution < 1.29 is 30.0 Å². The summed E-state index contributed by atoms with van der Waals surface area (Å²) in [7, 11) is 0. The summed E-state index contributed by atoms with van der Waals surface area (Å²) in [5.41, 5.74) is 0.352. The largest absolute Gasteiger partial charge is 0.478 e. The summed E-state index contributed by atoms with van der Waals surface area (Å²) in [5, 5.41) is 33.0. The quantitative estimate of drug-likeness (QED) is 0.555. The van der Waals surface area contributed by atoms with Gasteiger partial charge in [0, 0.05) is 17.8 Å². The fourth-order valence-electron chi connectivity index (χ4n) is 0.531. The zero-order valence-electron chi connectivity index (χ0n) is 12.4. The molecule has 6 heteroatoms. The molecule has 0 spiro atoms. The van der Waals surface area contributed by atoms with Crippen molar-refractivity contribution in [2.75, 3.05) is 6.61 Å². The second kappa shape index (κ2) is 15.4. The molecule has 6 nitrogen and oxygen atoms in total. The molecule has 0 bridgehead atoms. The van der Waals surface area contributed by atoms with Gasteiger partial charge in [-0.15, -0.1) is 0 Å². The first-order valence-corrected chi connectivity index (χ1v) is 6.16. The van der Waals surface area contributed by atoms with Crippen molar-refractivity contribution >= 4 is 11.9 Å². The maximum absolute atomic E-state index is 9.60. The van der Waals surface area contributed by atoms with Crippen LogP contribution in [0.5, 0.6) is 0 Å². The molecule has 20 heavy (non-hydrogen) atoms. The molecule has 0 amide bonds. The predicted molar refractivity (Wildman–Crippen MR) is 77.5 cm³/mol. The molecule has 118 valence electrons. The van der Waals surface area contributed by atoms with E-state index in [0.717, 1.165) is 19.3 Å². The standard InChI is InChI=1S/C6H14O2.2C4H6O2/c1-2-6(8)4-3-5-7;2*1-3(2)4(5)6/h6-8H,2-5H2,1H3;2*1H2,2H3,(H,5,6). The summed E-state index contributed by atoms with van der Waals surface area (Å²) in [6.07, 6.45) is 2.03. The molecular formula is C14H26O6. The fourth-order valence-corrected chi connectivity index (χ4v) is 0.531. The molecule has 4 N–H and O–H groups in total. The SMILES string of the molecule is C=C(C)C(=O)O.C=C(C)C(=O)O.CCC(O)CCCO. The van der Waals surface area contributed by atoms with Crippen molar-refractivity contribution in [2.24, 2.45) is 0 Å². The number of hydrogen-bond donors (Lipinski definition) is 4. The zero-order chi connectivity index (χ0) is 16.7. The average Bonchev–Trinajstić information content (AvgIpc) is 2.37. The summed E-state index contributed by atoms with van der Waals surface area (Å²) in [6.45, 7) is 11.3. The fraction of sp³-hybridized carbons (Fsp3) is 0.571. The lowest BCUT2D eigenvalue weighted by atomic mass is 10.2. The summed E-state index contributed by atoms with van der Waals surface area (Å²) in [4.78, 5) is 19.2. The molecule has 0 saturated heterocycles. The van der Waals surface area contributed by atoms with E-state index in [-0.39, 0.29) is 23.9 Å². The average molecular weight is 290 g/mol. The molecule has 0 aromatic carbocycles. The predicted octanol–water partition coefficient (Wildman–Crippen LogP) is 1.82. The van der Waals surface area contributed by atoms with Crippen LogP contribution in [0.15, 0.2) is 24.3 Å². The van der Waals surface area contributed by atoms with Crippen LogP contribution in [-0.2, 0) is 9.59 Å². The van der Waals surface area contributed by atoms with Crippen LogP contribution < -0.4 is 0 Å². The molecule has 1 atom stereocenters.